The number of pyridine rings is 1. The van der Waals surface area contributed by atoms with E-state index in [1.165, 1.54) is 16.9 Å². The van der Waals surface area contributed by atoms with Crippen LogP contribution in [0.3, 0.4) is 0 Å². The topological polar surface area (TPSA) is 78.9 Å². The molecule has 2 aromatic heterocycles. The van der Waals surface area contributed by atoms with Gasteiger partial charge < -0.3 is 16.0 Å². The first-order valence-electron chi connectivity index (χ1n) is 10.3. The first-order chi connectivity index (χ1) is 15.4. The second-order valence-electron chi connectivity index (χ2n) is 7.75. The van der Waals surface area contributed by atoms with Gasteiger partial charge in [-0.2, -0.15) is 0 Å². The van der Waals surface area contributed by atoms with Gasteiger partial charge in [0.15, 0.2) is 5.13 Å². The van der Waals surface area contributed by atoms with Gasteiger partial charge in [0, 0.05) is 40.4 Å². The van der Waals surface area contributed by atoms with Gasteiger partial charge in [0.25, 0.3) is 0 Å². The molecule has 2 aromatic carbocycles. The van der Waals surface area contributed by atoms with Crippen LogP contribution >= 0.6 is 11.3 Å². The van der Waals surface area contributed by atoms with Crippen LogP contribution in [0.25, 0.3) is 11.3 Å². The van der Waals surface area contributed by atoms with E-state index in [-0.39, 0.29) is 6.03 Å². The Morgan fingerprint density at radius 1 is 0.906 bits per heavy atom. The van der Waals surface area contributed by atoms with Crippen molar-refractivity contribution in [3.05, 3.63) is 82.5 Å². The number of hydrogen-bond acceptors (Lipinski definition) is 5. The lowest BCUT2D eigenvalue weighted by Crippen LogP contribution is -2.19. The molecule has 0 spiro atoms. The SMILES string of the molecule is Cc1ccc(NC(=O)Nc2cc(C)c(C)c(C)c2)cc1Nc1nc(-c2cccnc2)cs1. The van der Waals surface area contributed by atoms with Gasteiger partial charge in [-0.25, -0.2) is 9.78 Å². The smallest absolute Gasteiger partial charge is 0.323 e. The van der Waals surface area contributed by atoms with Gasteiger partial charge in [-0.05, 0) is 86.3 Å². The molecule has 0 atom stereocenters. The maximum absolute atomic E-state index is 12.5. The molecule has 0 radical (unpaired) electrons. The van der Waals surface area contributed by atoms with Gasteiger partial charge in [0.1, 0.15) is 0 Å². The zero-order valence-electron chi connectivity index (χ0n) is 18.5. The van der Waals surface area contributed by atoms with E-state index in [2.05, 4.69) is 32.8 Å². The number of benzene rings is 2. The first-order valence-corrected chi connectivity index (χ1v) is 11.2. The summed E-state index contributed by atoms with van der Waals surface area (Å²) < 4.78 is 0. The highest BCUT2D eigenvalue weighted by molar-refractivity contribution is 7.14. The molecule has 162 valence electrons. The minimum Gasteiger partial charge on any atom is -0.331 e. The predicted molar refractivity (Wildman–Crippen MR) is 133 cm³/mol. The summed E-state index contributed by atoms with van der Waals surface area (Å²) >= 11 is 1.52. The van der Waals surface area contributed by atoms with E-state index in [1.54, 1.807) is 12.4 Å². The fraction of sp³-hybridized carbons (Fsp3) is 0.160. The van der Waals surface area contributed by atoms with Crippen LogP contribution in [-0.4, -0.2) is 16.0 Å². The molecular formula is C25H25N5OS. The number of nitrogens with one attached hydrogen (secondary N) is 3. The lowest BCUT2D eigenvalue weighted by molar-refractivity contribution is 0.262. The molecule has 0 saturated heterocycles. The van der Waals surface area contributed by atoms with Crippen LogP contribution in [0.15, 0.2) is 60.2 Å². The number of aryl methyl sites for hydroxylation is 3. The Labute approximate surface area is 191 Å². The van der Waals surface area contributed by atoms with E-state index in [0.29, 0.717) is 5.69 Å². The van der Waals surface area contributed by atoms with Crippen molar-refractivity contribution >= 4 is 39.6 Å². The number of carbonyl (C=O) groups excluding carboxylic acids is 1. The normalized spacial score (nSPS) is 10.6. The third-order valence-corrected chi connectivity index (χ3v) is 6.14. The van der Waals surface area contributed by atoms with Gasteiger partial charge in [0.05, 0.1) is 5.69 Å². The summed E-state index contributed by atoms with van der Waals surface area (Å²) in [5.41, 5.74) is 8.80. The third kappa shape index (κ3) is 4.95. The highest BCUT2D eigenvalue weighted by atomic mass is 32.1. The fourth-order valence-corrected chi connectivity index (χ4v) is 4.06. The number of thiazole rings is 1. The Morgan fingerprint density at radius 2 is 1.66 bits per heavy atom. The van der Waals surface area contributed by atoms with E-state index in [9.17, 15) is 4.79 Å². The summed E-state index contributed by atoms with van der Waals surface area (Å²) in [5.74, 6) is 0. The van der Waals surface area contributed by atoms with E-state index in [4.69, 9.17) is 0 Å². The molecule has 3 N–H and O–H groups in total. The molecule has 2 heterocycles. The number of anilines is 4. The highest BCUT2D eigenvalue weighted by Crippen LogP contribution is 2.29. The molecule has 0 unspecified atom stereocenters. The van der Waals surface area contributed by atoms with E-state index in [0.717, 1.165) is 44.5 Å². The molecule has 0 fully saturated rings. The second kappa shape index (κ2) is 9.20. The Morgan fingerprint density at radius 3 is 2.38 bits per heavy atom. The van der Waals surface area contributed by atoms with Gasteiger partial charge >= 0.3 is 6.03 Å². The van der Waals surface area contributed by atoms with Crippen molar-refractivity contribution in [2.24, 2.45) is 0 Å². The minimum atomic E-state index is -0.282. The molecule has 0 aliphatic rings. The zero-order chi connectivity index (χ0) is 22.7. The van der Waals surface area contributed by atoms with Crippen molar-refractivity contribution in [3.63, 3.8) is 0 Å². The Hall–Kier alpha value is -3.71. The summed E-state index contributed by atoms with van der Waals surface area (Å²) in [7, 11) is 0. The van der Waals surface area contributed by atoms with Gasteiger partial charge in [-0.15, -0.1) is 11.3 Å². The first kappa shape index (κ1) is 21.5. The van der Waals surface area contributed by atoms with Crippen LogP contribution in [0.1, 0.15) is 22.3 Å². The molecule has 2 amide bonds. The van der Waals surface area contributed by atoms with E-state index in [1.807, 2.05) is 68.6 Å². The molecule has 4 rings (SSSR count). The molecule has 0 aliphatic carbocycles. The Kier molecular flexibility index (Phi) is 6.18. The summed E-state index contributed by atoms with van der Waals surface area (Å²) in [6, 6.07) is 13.3. The quantitative estimate of drug-likeness (QED) is 0.316. The second-order valence-corrected chi connectivity index (χ2v) is 8.61. The van der Waals surface area contributed by atoms with E-state index < -0.39 is 0 Å². The van der Waals surface area contributed by atoms with Gasteiger partial charge in [-0.3, -0.25) is 4.98 Å². The molecule has 0 aliphatic heterocycles. The van der Waals surface area contributed by atoms with Crippen molar-refractivity contribution in [2.45, 2.75) is 27.7 Å². The van der Waals surface area contributed by atoms with Crippen molar-refractivity contribution < 1.29 is 4.79 Å². The summed E-state index contributed by atoms with van der Waals surface area (Å²) in [4.78, 5) is 21.3. The molecule has 6 nitrogen and oxygen atoms in total. The molecule has 0 saturated carbocycles. The number of urea groups is 1. The summed E-state index contributed by atoms with van der Waals surface area (Å²) in [6.07, 6.45) is 3.54. The summed E-state index contributed by atoms with van der Waals surface area (Å²) in [6.45, 7) is 8.18. The predicted octanol–water partition coefficient (Wildman–Crippen LogP) is 6.83. The van der Waals surface area contributed by atoms with Crippen LogP contribution in [0.2, 0.25) is 0 Å². The fourth-order valence-electron chi connectivity index (χ4n) is 3.33. The third-order valence-electron chi connectivity index (χ3n) is 5.38. The van der Waals surface area contributed by atoms with Gasteiger partial charge in [-0.1, -0.05) is 6.07 Å². The number of hydrogen-bond donors (Lipinski definition) is 3. The maximum atomic E-state index is 12.5. The average molecular weight is 444 g/mol. The molecular weight excluding hydrogens is 418 g/mol. The number of carbonyl (C=O) groups is 1. The monoisotopic (exact) mass is 443 g/mol. The molecule has 7 heteroatoms. The standard InChI is InChI=1S/C25H25N5OS/c1-15-7-8-20(27-24(31)28-21-10-16(2)18(4)17(3)11-21)12-22(15)29-25-30-23(14-32-25)19-6-5-9-26-13-19/h5-14H,1-4H3,(H,29,30)(H2,27,28,31). The molecule has 0 bridgehead atoms. The van der Waals surface area contributed by atoms with Crippen molar-refractivity contribution in [2.75, 3.05) is 16.0 Å². The number of aromatic nitrogens is 2. The average Bonchev–Trinajstić information content (AvgIpc) is 3.23. The Bertz CT molecular complexity index is 1240. The molecule has 32 heavy (non-hydrogen) atoms. The summed E-state index contributed by atoms with van der Waals surface area (Å²) in [5, 5.41) is 12.0. The lowest BCUT2D eigenvalue weighted by atomic mass is 10.0. The van der Waals surface area contributed by atoms with Crippen LogP contribution in [0, 0.1) is 27.7 Å². The van der Waals surface area contributed by atoms with Crippen LogP contribution < -0.4 is 16.0 Å². The van der Waals surface area contributed by atoms with Gasteiger partial charge in [0.2, 0.25) is 0 Å². The Balaban J connectivity index is 1.46. The van der Waals surface area contributed by atoms with Crippen molar-refractivity contribution in [1.29, 1.82) is 0 Å². The lowest BCUT2D eigenvalue weighted by Gasteiger charge is -2.13. The van der Waals surface area contributed by atoms with Crippen LogP contribution in [-0.2, 0) is 0 Å². The number of rotatable bonds is 5. The number of amides is 2. The van der Waals surface area contributed by atoms with Crippen LogP contribution in [0.5, 0.6) is 0 Å². The van der Waals surface area contributed by atoms with Crippen molar-refractivity contribution in [3.8, 4) is 11.3 Å². The van der Waals surface area contributed by atoms with Crippen molar-refractivity contribution in [1.82, 2.24) is 9.97 Å². The molecule has 4 aromatic rings. The highest BCUT2D eigenvalue weighted by Gasteiger charge is 2.10. The van der Waals surface area contributed by atoms with E-state index >= 15 is 0 Å². The largest absolute Gasteiger partial charge is 0.331 e. The minimum absolute atomic E-state index is 0.282. The van der Waals surface area contributed by atoms with Crippen LogP contribution in [0.4, 0.5) is 27.0 Å². The zero-order valence-corrected chi connectivity index (χ0v) is 19.3. The number of nitrogens with zero attached hydrogens (tertiary/aromatic N) is 2. The maximum Gasteiger partial charge on any atom is 0.323 e.